The van der Waals surface area contributed by atoms with Crippen LogP contribution in [0.25, 0.3) is 11.5 Å². The second-order valence-corrected chi connectivity index (χ2v) is 7.73. The summed E-state index contributed by atoms with van der Waals surface area (Å²) in [6, 6.07) is 3.47. The molecule has 0 unspecified atom stereocenters. The second kappa shape index (κ2) is 8.75. The highest BCUT2D eigenvalue weighted by molar-refractivity contribution is 6.00. The van der Waals surface area contributed by atoms with E-state index in [1.54, 1.807) is 11.8 Å². The molecule has 3 aromatic rings. The van der Waals surface area contributed by atoms with E-state index in [1.165, 1.54) is 18.2 Å². The third-order valence-corrected chi connectivity index (χ3v) is 5.51. The Labute approximate surface area is 186 Å². The smallest absolute Gasteiger partial charge is 0.364 e. The Balaban J connectivity index is 1.56. The summed E-state index contributed by atoms with van der Waals surface area (Å²) in [7, 11) is 0. The Morgan fingerprint density at radius 3 is 2.67 bits per heavy atom. The van der Waals surface area contributed by atoms with Crippen LogP contribution in [0.5, 0.6) is 0 Å². The summed E-state index contributed by atoms with van der Waals surface area (Å²) in [5.41, 5.74) is -1.07. The van der Waals surface area contributed by atoms with Crippen molar-refractivity contribution >= 4 is 11.7 Å². The number of nitrogens with zero attached hydrogens (tertiary/aromatic N) is 5. The first-order valence-corrected chi connectivity index (χ1v) is 10.2. The van der Waals surface area contributed by atoms with Crippen molar-refractivity contribution in [3.05, 3.63) is 53.5 Å². The summed E-state index contributed by atoms with van der Waals surface area (Å²) in [5.74, 6) is -0.697. The summed E-state index contributed by atoms with van der Waals surface area (Å²) in [6.07, 6.45) is -1.62. The Kier molecular flexibility index (Phi) is 6.00. The minimum Gasteiger partial charge on any atom is -0.364 e. The van der Waals surface area contributed by atoms with Gasteiger partial charge in [-0.25, -0.2) is 14.4 Å². The van der Waals surface area contributed by atoms with Crippen molar-refractivity contribution in [2.45, 2.75) is 44.9 Å². The van der Waals surface area contributed by atoms with Crippen LogP contribution in [0.4, 0.5) is 23.4 Å². The van der Waals surface area contributed by atoms with Gasteiger partial charge in [0.2, 0.25) is 0 Å². The van der Waals surface area contributed by atoms with Gasteiger partial charge in [-0.15, -0.1) is 0 Å². The van der Waals surface area contributed by atoms with Gasteiger partial charge < -0.3 is 14.7 Å². The number of benzene rings is 1. The van der Waals surface area contributed by atoms with Crippen molar-refractivity contribution in [1.29, 1.82) is 0 Å². The van der Waals surface area contributed by atoms with E-state index in [9.17, 15) is 22.4 Å². The minimum atomic E-state index is -4.58. The molecule has 1 aliphatic heterocycles. The van der Waals surface area contributed by atoms with Crippen molar-refractivity contribution in [3.63, 3.8) is 0 Å². The van der Waals surface area contributed by atoms with Gasteiger partial charge in [0, 0.05) is 18.6 Å². The Hall–Kier alpha value is -3.57. The highest BCUT2D eigenvalue weighted by atomic mass is 19.4. The number of amides is 1. The second-order valence-electron chi connectivity index (χ2n) is 7.73. The van der Waals surface area contributed by atoms with Crippen LogP contribution in [0.3, 0.4) is 0 Å². The van der Waals surface area contributed by atoms with Gasteiger partial charge in [0.15, 0.2) is 11.5 Å². The number of carbonyl (C=O) groups excluding carboxylic acids is 1. The molecular formula is C21H20F4N6O2. The molecule has 1 aromatic carbocycles. The zero-order valence-corrected chi connectivity index (χ0v) is 17.7. The molecule has 8 nitrogen and oxygen atoms in total. The zero-order valence-electron chi connectivity index (χ0n) is 17.7. The molecule has 3 heterocycles. The molecular weight excluding hydrogens is 444 g/mol. The molecule has 2 aromatic heterocycles. The first-order chi connectivity index (χ1) is 15.6. The van der Waals surface area contributed by atoms with Crippen molar-refractivity contribution in [3.8, 4) is 11.5 Å². The Morgan fingerprint density at radius 1 is 1.24 bits per heavy atom. The standard InChI is InChI=1S/C21H20F4N6O2/c1-11-15(29-17-10-26-16(9-27-17)21(23,24)25)7-4-8-31(11)20(32)13-5-3-6-14(22)18(13)19-28-12(2)30-33-19/h3,5-6,9-11,15H,4,7-8H2,1-2H3,(H,27,29)/t11-,15+/m0/s1. The van der Waals surface area contributed by atoms with Gasteiger partial charge in [0.1, 0.15) is 11.6 Å². The van der Waals surface area contributed by atoms with E-state index < -0.39 is 23.6 Å². The van der Waals surface area contributed by atoms with E-state index in [1.807, 2.05) is 6.92 Å². The maximum atomic E-state index is 14.6. The quantitative estimate of drug-likeness (QED) is 0.581. The predicted molar refractivity (Wildman–Crippen MR) is 109 cm³/mol. The summed E-state index contributed by atoms with van der Waals surface area (Å²) < 4.78 is 57.9. The largest absolute Gasteiger partial charge is 0.434 e. The lowest BCUT2D eigenvalue weighted by atomic mass is 9.95. The van der Waals surface area contributed by atoms with E-state index in [2.05, 4.69) is 25.4 Å². The number of aryl methyl sites for hydroxylation is 1. The lowest BCUT2D eigenvalue weighted by Gasteiger charge is -2.40. The lowest BCUT2D eigenvalue weighted by molar-refractivity contribution is -0.141. The number of rotatable bonds is 4. The van der Waals surface area contributed by atoms with Gasteiger partial charge in [-0.3, -0.25) is 4.79 Å². The third kappa shape index (κ3) is 4.64. The average Bonchev–Trinajstić information content (AvgIpc) is 3.20. The van der Waals surface area contributed by atoms with E-state index in [-0.39, 0.29) is 34.9 Å². The molecule has 0 aliphatic carbocycles. The third-order valence-electron chi connectivity index (χ3n) is 5.51. The molecule has 0 bridgehead atoms. The molecule has 0 spiro atoms. The number of likely N-dealkylation sites (tertiary alicyclic amines) is 1. The summed E-state index contributed by atoms with van der Waals surface area (Å²) in [4.78, 5) is 26.2. The average molecular weight is 464 g/mol. The van der Waals surface area contributed by atoms with Crippen LogP contribution < -0.4 is 5.32 Å². The van der Waals surface area contributed by atoms with Crippen LogP contribution in [0.15, 0.2) is 35.1 Å². The first-order valence-electron chi connectivity index (χ1n) is 10.2. The van der Waals surface area contributed by atoms with Crippen LogP contribution in [0, 0.1) is 12.7 Å². The first kappa shape index (κ1) is 22.6. The maximum absolute atomic E-state index is 14.6. The molecule has 1 N–H and O–H groups in total. The summed E-state index contributed by atoms with van der Waals surface area (Å²) in [6.45, 7) is 3.82. The van der Waals surface area contributed by atoms with Crippen molar-refractivity contribution in [2.24, 2.45) is 0 Å². The molecule has 0 saturated carbocycles. The lowest BCUT2D eigenvalue weighted by Crippen LogP contribution is -2.52. The molecule has 12 heteroatoms. The van der Waals surface area contributed by atoms with E-state index >= 15 is 0 Å². The molecule has 174 valence electrons. The fourth-order valence-electron chi connectivity index (χ4n) is 3.83. The number of hydrogen-bond donors (Lipinski definition) is 1. The monoisotopic (exact) mass is 464 g/mol. The molecule has 1 saturated heterocycles. The number of nitrogens with one attached hydrogen (secondary N) is 1. The molecule has 1 fully saturated rings. The van der Waals surface area contributed by atoms with Gasteiger partial charge in [0.05, 0.1) is 23.5 Å². The molecule has 0 radical (unpaired) electrons. The van der Waals surface area contributed by atoms with Crippen molar-refractivity contribution in [1.82, 2.24) is 25.0 Å². The number of aromatic nitrogens is 4. The SMILES string of the molecule is Cc1noc(-c2c(F)cccc2C(=O)N2CCC[C@@H](Nc3cnc(C(F)(F)F)cn3)[C@@H]2C)n1. The summed E-state index contributed by atoms with van der Waals surface area (Å²) in [5, 5.41) is 6.73. The Morgan fingerprint density at radius 2 is 2.03 bits per heavy atom. The zero-order chi connectivity index (χ0) is 23.8. The van der Waals surface area contributed by atoms with Crippen LogP contribution in [-0.4, -0.2) is 49.5 Å². The molecule has 4 rings (SSSR count). The van der Waals surface area contributed by atoms with Gasteiger partial charge in [-0.05, 0) is 38.8 Å². The minimum absolute atomic E-state index is 0.0704. The molecule has 33 heavy (non-hydrogen) atoms. The number of piperidine rings is 1. The van der Waals surface area contributed by atoms with Crippen LogP contribution in [0.2, 0.25) is 0 Å². The number of anilines is 1. The highest BCUT2D eigenvalue weighted by Crippen LogP contribution is 2.30. The van der Waals surface area contributed by atoms with Crippen LogP contribution >= 0.6 is 0 Å². The number of halogens is 4. The van der Waals surface area contributed by atoms with Gasteiger partial charge in [0.25, 0.3) is 11.8 Å². The van der Waals surface area contributed by atoms with E-state index in [0.717, 1.165) is 6.20 Å². The van der Waals surface area contributed by atoms with Gasteiger partial charge in [-0.2, -0.15) is 18.2 Å². The highest BCUT2D eigenvalue weighted by Gasteiger charge is 2.35. The van der Waals surface area contributed by atoms with Crippen molar-refractivity contribution in [2.75, 3.05) is 11.9 Å². The van der Waals surface area contributed by atoms with Gasteiger partial charge in [-0.1, -0.05) is 11.2 Å². The molecule has 1 amide bonds. The Bertz CT molecular complexity index is 1150. The van der Waals surface area contributed by atoms with E-state index in [0.29, 0.717) is 31.4 Å². The summed E-state index contributed by atoms with van der Waals surface area (Å²) >= 11 is 0. The number of alkyl halides is 3. The van der Waals surface area contributed by atoms with Crippen molar-refractivity contribution < 1.29 is 26.9 Å². The van der Waals surface area contributed by atoms with E-state index in [4.69, 9.17) is 4.52 Å². The normalized spacial score (nSPS) is 18.9. The van der Waals surface area contributed by atoms with Crippen LogP contribution in [0.1, 0.15) is 41.6 Å². The maximum Gasteiger partial charge on any atom is 0.434 e. The number of carbonyl (C=O) groups is 1. The molecule has 2 atom stereocenters. The molecule has 1 aliphatic rings. The topological polar surface area (TPSA) is 97.0 Å². The predicted octanol–water partition coefficient (Wildman–Crippen LogP) is 4.10. The van der Waals surface area contributed by atoms with Crippen LogP contribution in [-0.2, 0) is 6.18 Å². The van der Waals surface area contributed by atoms with Gasteiger partial charge >= 0.3 is 6.18 Å². The fourth-order valence-corrected chi connectivity index (χ4v) is 3.83. The fraction of sp³-hybridized carbons (Fsp3) is 0.381. The number of hydrogen-bond acceptors (Lipinski definition) is 7.